The van der Waals surface area contributed by atoms with E-state index in [-0.39, 0.29) is 11.8 Å². The highest BCUT2D eigenvalue weighted by atomic mass is 16.5. The minimum Gasteiger partial charge on any atom is -0.496 e. The fraction of sp³-hybridized carbons (Fsp3) is 0.182. The predicted octanol–water partition coefficient (Wildman–Crippen LogP) is 4.39. The molecule has 5 nitrogen and oxygen atoms in total. The third kappa shape index (κ3) is 4.26. The maximum absolute atomic E-state index is 12.6. The molecule has 138 valence electrons. The van der Waals surface area contributed by atoms with E-state index in [0.717, 1.165) is 22.4 Å². The molecule has 5 heteroatoms. The van der Waals surface area contributed by atoms with Crippen LogP contribution in [0.15, 0.2) is 60.8 Å². The molecule has 1 heterocycles. The number of ether oxygens (including phenoxy) is 1. The van der Waals surface area contributed by atoms with Gasteiger partial charge in [0.15, 0.2) is 0 Å². The average molecular weight is 361 g/mol. The number of hydrogen-bond donors (Lipinski definition) is 2. The zero-order valence-electron chi connectivity index (χ0n) is 15.7. The molecule has 3 aromatic rings. The summed E-state index contributed by atoms with van der Waals surface area (Å²) in [6.45, 7) is 3.81. The fourth-order valence-electron chi connectivity index (χ4n) is 2.91. The number of aromatic nitrogens is 1. The second kappa shape index (κ2) is 7.91. The van der Waals surface area contributed by atoms with Crippen LogP contribution in [-0.4, -0.2) is 18.0 Å². The third-order valence-electron chi connectivity index (χ3n) is 4.51. The number of hydrogen-bond acceptors (Lipinski definition) is 4. The zero-order valence-corrected chi connectivity index (χ0v) is 15.7. The number of nitrogens with two attached hydrogens (primary N) is 1. The summed E-state index contributed by atoms with van der Waals surface area (Å²) < 4.78 is 5.53. The number of anilines is 2. The number of methoxy groups -OCH3 is 1. The fourth-order valence-corrected chi connectivity index (χ4v) is 2.91. The van der Waals surface area contributed by atoms with Crippen molar-refractivity contribution in [1.29, 1.82) is 0 Å². The van der Waals surface area contributed by atoms with Crippen LogP contribution in [0, 0.1) is 6.92 Å². The Hall–Kier alpha value is -3.34. The highest BCUT2D eigenvalue weighted by Gasteiger charge is 2.16. The number of aryl methyl sites for hydroxylation is 1. The van der Waals surface area contributed by atoms with E-state index in [9.17, 15) is 4.79 Å². The van der Waals surface area contributed by atoms with E-state index in [1.165, 1.54) is 0 Å². The van der Waals surface area contributed by atoms with Crippen molar-refractivity contribution in [2.45, 2.75) is 19.8 Å². The van der Waals surface area contributed by atoms with Gasteiger partial charge in [-0.3, -0.25) is 9.78 Å². The molecule has 27 heavy (non-hydrogen) atoms. The maximum atomic E-state index is 12.6. The summed E-state index contributed by atoms with van der Waals surface area (Å²) in [5, 5.41) is 2.96. The first kappa shape index (κ1) is 18.5. The van der Waals surface area contributed by atoms with Gasteiger partial charge in [-0.15, -0.1) is 0 Å². The minimum atomic E-state index is -0.292. The van der Waals surface area contributed by atoms with Crippen molar-refractivity contribution in [3.63, 3.8) is 0 Å². The maximum Gasteiger partial charge on any atom is 0.231 e. The minimum absolute atomic E-state index is 0.0886. The van der Waals surface area contributed by atoms with Gasteiger partial charge >= 0.3 is 0 Å². The quantitative estimate of drug-likeness (QED) is 0.661. The molecule has 2 aromatic carbocycles. The summed E-state index contributed by atoms with van der Waals surface area (Å²) in [6, 6.07) is 16.9. The Morgan fingerprint density at radius 2 is 1.85 bits per heavy atom. The summed E-state index contributed by atoms with van der Waals surface area (Å²) >= 11 is 0. The summed E-state index contributed by atoms with van der Waals surface area (Å²) in [6.07, 6.45) is 1.77. The molecular formula is C22H23N3O2. The van der Waals surface area contributed by atoms with Crippen LogP contribution in [0.2, 0.25) is 0 Å². The number of carbonyl (C=O) groups is 1. The number of carbonyl (C=O) groups excluding carboxylic acids is 1. The largest absolute Gasteiger partial charge is 0.496 e. The molecule has 3 N–H and O–H groups in total. The van der Waals surface area contributed by atoms with Gasteiger partial charge in [0.1, 0.15) is 5.75 Å². The van der Waals surface area contributed by atoms with Gasteiger partial charge in [-0.2, -0.15) is 0 Å². The molecule has 0 saturated carbocycles. The molecule has 0 radical (unpaired) electrons. The van der Waals surface area contributed by atoms with Gasteiger partial charge in [0.05, 0.1) is 13.0 Å². The van der Waals surface area contributed by atoms with E-state index in [1.807, 2.05) is 56.3 Å². The lowest BCUT2D eigenvalue weighted by Crippen LogP contribution is -2.18. The van der Waals surface area contributed by atoms with Gasteiger partial charge in [-0.1, -0.05) is 12.1 Å². The topological polar surface area (TPSA) is 77.2 Å². The van der Waals surface area contributed by atoms with Crippen molar-refractivity contribution in [1.82, 2.24) is 4.98 Å². The molecule has 1 amide bonds. The number of pyridine rings is 1. The van der Waals surface area contributed by atoms with Crippen LogP contribution in [0.3, 0.4) is 0 Å². The molecule has 3 rings (SSSR count). The lowest BCUT2D eigenvalue weighted by atomic mass is 9.99. The Labute approximate surface area is 159 Å². The first-order valence-electron chi connectivity index (χ1n) is 8.75. The van der Waals surface area contributed by atoms with Crippen molar-refractivity contribution in [2.75, 3.05) is 18.2 Å². The standard InChI is InChI=1S/C22H23N3O2/c1-14-12-17(10-11-24-14)20-9-8-19(13-21(20)27-3)25-22(26)15(2)16-4-6-18(23)7-5-16/h4-13,15H,23H2,1-3H3,(H,25,26). The van der Waals surface area contributed by atoms with Crippen LogP contribution in [0.25, 0.3) is 11.1 Å². The Kier molecular flexibility index (Phi) is 5.41. The average Bonchev–Trinajstić information content (AvgIpc) is 2.68. The van der Waals surface area contributed by atoms with Crippen LogP contribution in [0.4, 0.5) is 11.4 Å². The molecular weight excluding hydrogens is 338 g/mol. The monoisotopic (exact) mass is 361 g/mol. The molecule has 0 bridgehead atoms. The summed E-state index contributed by atoms with van der Waals surface area (Å²) in [4.78, 5) is 16.8. The predicted molar refractivity (Wildman–Crippen MR) is 109 cm³/mol. The van der Waals surface area contributed by atoms with Crippen molar-refractivity contribution in [3.8, 4) is 16.9 Å². The van der Waals surface area contributed by atoms with Gasteiger partial charge in [-0.25, -0.2) is 0 Å². The van der Waals surface area contributed by atoms with Gasteiger partial charge in [0.2, 0.25) is 5.91 Å². The number of amides is 1. The molecule has 0 aliphatic rings. The highest BCUT2D eigenvalue weighted by Crippen LogP contribution is 2.33. The van der Waals surface area contributed by atoms with E-state index < -0.39 is 0 Å². The molecule has 0 saturated heterocycles. The molecule has 1 atom stereocenters. The van der Waals surface area contributed by atoms with Gasteiger partial charge < -0.3 is 15.8 Å². The Morgan fingerprint density at radius 3 is 2.52 bits per heavy atom. The number of nitrogen functional groups attached to an aromatic ring is 1. The summed E-state index contributed by atoms with van der Waals surface area (Å²) in [5.41, 5.74) is 10.9. The lowest BCUT2D eigenvalue weighted by Gasteiger charge is -2.15. The Bertz CT molecular complexity index is 952. The van der Waals surface area contributed by atoms with Crippen LogP contribution >= 0.6 is 0 Å². The molecule has 0 aliphatic heterocycles. The second-order valence-corrected chi connectivity index (χ2v) is 6.48. The van der Waals surface area contributed by atoms with Crippen molar-refractivity contribution < 1.29 is 9.53 Å². The molecule has 0 aliphatic carbocycles. The molecule has 0 fully saturated rings. The molecule has 0 spiro atoms. The smallest absolute Gasteiger partial charge is 0.231 e. The van der Waals surface area contributed by atoms with Gasteiger partial charge in [-0.05, 0) is 61.4 Å². The SMILES string of the molecule is COc1cc(NC(=O)C(C)c2ccc(N)cc2)ccc1-c1ccnc(C)c1. The molecule has 1 unspecified atom stereocenters. The lowest BCUT2D eigenvalue weighted by molar-refractivity contribution is -0.117. The van der Waals surface area contributed by atoms with E-state index in [4.69, 9.17) is 10.5 Å². The number of benzene rings is 2. The first-order valence-corrected chi connectivity index (χ1v) is 8.75. The van der Waals surface area contributed by atoms with E-state index in [1.54, 1.807) is 25.4 Å². The number of nitrogens with one attached hydrogen (secondary N) is 1. The normalized spacial score (nSPS) is 11.7. The number of rotatable bonds is 5. The van der Waals surface area contributed by atoms with Crippen LogP contribution in [0.1, 0.15) is 24.1 Å². The first-order chi connectivity index (χ1) is 13.0. The van der Waals surface area contributed by atoms with Crippen molar-refractivity contribution in [3.05, 3.63) is 72.1 Å². The number of nitrogens with zero attached hydrogens (tertiary/aromatic N) is 1. The highest BCUT2D eigenvalue weighted by molar-refractivity contribution is 5.96. The van der Waals surface area contributed by atoms with Crippen molar-refractivity contribution in [2.24, 2.45) is 0 Å². The third-order valence-corrected chi connectivity index (χ3v) is 4.51. The zero-order chi connectivity index (χ0) is 19.4. The Balaban J connectivity index is 1.81. The Morgan fingerprint density at radius 1 is 1.11 bits per heavy atom. The van der Waals surface area contributed by atoms with E-state index in [2.05, 4.69) is 10.3 Å². The van der Waals surface area contributed by atoms with Crippen LogP contribution in [0.5, 0.6) is 5.75 Å². The van der Waals surface area contributed by atoms with Crippen LogP contribution < -0.4 is 15.8 Å². The molecule has 1 aromatic heterocycles. The van der Waals surface area contributed by atoms with Gasteiger partial charge in [0.25, 0.3) is 0 Å². The van der Waals surface area contributed by atoms with Crippen molar-refractivity contribution >= 4 is 17.3 Å². The van der Waals surface area contributed by atoms with Crippen LogP contribution in [-0.2, 0) is 4.79 Å². The summed E-state index contributed by atoms with van der Waals surface area (Å²) in [5.74, 6) is 0.312. The van der Waals surface area contributed by atoms with E-state index in [0.29, 0.717) is 17.1 Å². The summed E-state index contributed by atoms with van der Waals surface area (Å²) in [7, 11) is 1.62. The van der Waals surface area contributed by atoms with E-state index >= 15 is 0 Å². The van der Waals surface area contributed by atoms with Gasteiger partial charge in [0, 0.05) is 34.9 Å². The second-order valence-electron chi connectivity index (χ2n) is 6.48.